The van der Waals surface area contributed by atoms with Crippen LogP contribution in [0.15, 0.2) is 53.6 Å². The Bertz CT molecular complexity index is 1020. The van der Waals surface area contributed by atoms with E-state index >= 15 is 0 Å². The summed E-state index contributed by atoms with van der Waals surface area (Å²) in [5.74, 6) is 2.06. The molecule has 1 aliphatic heterocycles. The summed E-state index contributed by atoms with van der Waals surface area (Å²) in [4.78, 5) is 15.6. The minimum absolute atomic E-state index is 0.0983. The van der Waals surface area contributed by atoms with Gasteiger partial charge >= 0.3 is 0 Å². The van der Waals surface area contributed by atoms with Crippen molar-refractivity contribution < 1.29 is 9.84 Å². The number of hydrazone groups is 1. The van der Waals surface area contributed by atoms with Crippen LogP contribution in [0.3, 0.4) is 0 Å². The zero-order valence-electron chi connectivity index (χ0n) is 16.6. The summed E-state index contributed by atoms with van der Waals surface area (Å²) in [5.41, 5.74) is 4.23. The van der Waals surface area contributed by atoms with Gasteiger partial charge in [0, 0.05) is 24.3 Å². The van der Waals surface area contributed by atoms with Crippen molar-refractivity contribution in [2.45, 2.75) is 12.8 Å². The first-order chi connectivity index (χ1) is 14.7. The van der Waals surface area contributed by atoms with Crippen LogP contribution in [0.4, 0.5) is 23.5 Å². The number of nitrogens with one attached hydrogen (secondary N) is 2. The first kappa shape index (κ1) is 19.4. The van der Waals surface area contributed by atoms with E-state index in [4.69, 9.17) is 4.74 Å². The van der Waals surface area contributed by atoms with Crippen LogP contribution in [-0.2, 0) is 0 Å². The van der Waals surface area contributed by atoms with Crippen LogP contribution in [0.5, 0.6) is 11.5 Å². The number of phenols is 1. The summed E-state index contributed by atoms with van der Waals surface area (Å²) >= 11 is 0. The number of para-hydroxylation sites is 1. The molecular weight excluding hydrogens is 382 g/mol. The second-order valence-electron chi connectivity index (χ2n) is 6.76. The van der Waals surface area contributed by atoms with Gasteiger partial charge in [0.05, 0.1) is 13.3 Å². The van der Waals surface area contributed by atoms with E-state index in [-0.39, 0.29) is 5.75 Å². The van der Waals surface area contributed by atoms with E-state index < -0.39 is 0 Å². The number of methoxy groups -OCH3 is 1. The van der Waals surface area contributed by atoms with Crippen molar-refractivity contribution in [1.82, 2.24) is 15.0 Å². The molecule has 0 unspecified atom stereocenters. The Morgan fingerprint density at radius 1 is 1.03 bits per heavy atom. The number of benzene rings is 2. The van der Waals surface area contributed by atoms with Crippen molar-refractivity contribution in [3.8, 4) is 11.5 Å². The van der Waals surface area contributed by atoms with Gasteiger partial charge in [-0.2, -0.15) is 20.1 Å². The molecule has 0 saturated carbocycles. The lowest BCUT2D eigenvalue weighted by Crippen LogP contribution is -2.21. The van der Waals surface area contributed by atoms with Gasteiger partial charge in [0.15, 0.2) is 0 Å². The molecule has 4 rings (SSSR count). The third-order valence-corrected chi connectivity index (χ3v) is 4.65. The maximum absolute atomic E-state index is 9.99. The molecule has 0 radical (unpaired) electrons. The van der Waals surface area contributed by atoms with Gasteiger partial charge in [0.1, 0.15) is 11.5 Å². The Kier molecular flexibility index (Phi) is 5.88. The van der Waals surface area contributed by atoms with E-state index in [9.17, 15) is 5.11 Å². The summed E-state index contributed by atoms with van der Waals surface area (Å²) in [6.07, 6.45) is 3.72. The number of aromatic nitrogens is 3. The van der Waals surface area contributed by atoms with E-state index in [1.807, 2.05) is 30.3 Å². The lowest BCUT2D eigenvalue weighted by Gasteiger charge is -2.16. The Balaban J connectivity index is 1.57. The zero-order valence-corrected chi connectivity index (χ0v) is 16.6. The number of hydrogen-bond acceptors (Lipinski definition) is 9. The predicted molar refractivity (Wildman–Crippen MR) is 117 cm³/mol. The summed E-state index contributed by atoms with van der Waals surface area (Å²) in [5, 5.41) is 17.4. The maximum atomic E-state index is 9.99. The van der Waals surface area contributed by atoms with Gasteiger partial charge in [-0.25, -0.2) is 5.43 Å². The predicted octanol–water partition coefficient (Wildman–Crippen LogP) is 3.38. The standard InChI is InChI=1S/C21H23N7O2/c1-30-17-9-10-18(29)15(13-17)14-22-27-20-24-19(23-16-7-3-2-4-8-16)25-21(26-20)28-11-5-6-12-28/h2-4,7-10,13-14,29H,5-6,11-12H2,1H3,(H2,23,24,25,26,27)/b22-14+. The lowest BCUT2D eigenvalue weighted by atomic mass is 10.2. The average Bonchev–Trinajstić information content (AvgIpc) is 3.31. The Morgan fingerprint density at radius 3 is 2.57 bits per heavy atom. The first-order valence-electron chi connectivity index (χ1n) is 9.70. The molecular formula is C21H23N7O2. The van der Waals surface area contributed by atoms with Gasteiger partial charge in [-0.15, -0.1) is 0 Å². The number of phenolic OH excluding ortho intramolecular Hbond substituents is 1. The second kappa shape index (κ2) is 9.08. The van der Waals surface area contributed by atoms with Crippen molar-refractivity contribution in [3.05, 3.63) is 54.1 Å². The van der Waals surface area contributed by atoms with Crippen molar-refractivity contribution in [1.29, 1.82) is 0 Å². The topological polar surface area (TPSA) is 108 Å². The third-order valence-electron chi connectivity index (χ3n) is 4.65. The third kappa shape index (κ3) is 4.75. The molecule has 1 saturated heterocycles. The summed E-state index contributed by atoms with van der Waals surface area (Å²) < 4.78 is 5.18. The highest BCUT2D eigenvalue weighted by molar-refractivity contribution is 5.84. The minimum atomic E-state index is 0.0983. The monoisotopic (exact) mass is 405 g/mol. The molecule has 2 heterocycles. The lowest BCUT2D eigenvalue weighted by molar-refractivity contribution is 0.412. The van der Waals surface area contributed by atoms with Crippen LogP contribution >= 0.6 is 0 Å². The molecule has 1 aliphatic rings. The minimum Gasteiger partial charge on any atom is -0.507 e. The molecule has 1 fully saturated rings. The number of nitrogens with zero attached hydrogens (tertiary/aromatic N) is 5. The van der Waals surface area contributed by atoms with E-state index in [0.29, 0.717) is 29.2 Å². The second-order valence-corrected chi connectivity index (χ2v) is 6.76. The fourth-order valence-electron chi connectivity index (χ4n) is 3.10. The highest BCUT2D eigenvalue weighted by atomic mass is 16.5. The van der Waals surface area contributed by atoms with Crippen LogP contribution in [0, 0.1) is 0 Å². The van der Waals surface area contributed by atoms with Crippen molar-refractivity contribution >= 4 is 29.7 Å². The molecule has 9 heteroatoms. The Morgan fingerprint density at radius 2 is 1.80 bits per heavy atom. The van der Waals surface area contributed by atoms with Crippen molar-refractivity contribution in [2.24, 2.45) is 5.10 Å². The van der Waals surface area contributed by atoms with Crippen molar-refractivity contribution in [2.75, 3.05) is 35.8 Å². The van der Waals surface area contributed by atoms with Gasteiger partial charge < -0.3 is 20.1 Å². The molecule has 30 heavy (non-hydrogen) atoms. The largest absolute Gasteiger partial charge is 0.507 e. The van der Waals surface area contributed by atoms with E-state index in [1.165, 1.54) is 6.21 Å². The van der Waals surface area contributed by atoms with E-state index in [1.54, 1.807) is 25.3 Å². The average molecular weight is 405 g/mol. The summed E-state index contributed by atoms with van der Waals surface area (Å²) in [6, 6.07) is 14.6. The fourth-order valence-corrected chi connectivity index (χ4v) is 3.10. The molecule has 154 valence electrons. The molecule has 0 atom stereocenters. The Hall–Kier alpha value is -3.88. The van der Waals surface area contributed by atoms with Crippen LogP contribution in [-0.4, -0.2) is 46.5 Å². The molecule has 1 aromatic heterocycles. The van der Waals surface area contributed by atoms with Crippen LogP contribution in [0.2, 0.25) is 0 Å². The van der Waals surface area contributed by atoms with Crippen molar-refractivity contribution in [3.63, 3.8) is 0 Å². The van der Waals surface area contributed by atoms with Crippen LogP contribution < -0.4 is 20.4 Å². The Labute approximate surface area is 174 Å². The smallest absolute Gasteiger partial charge is 0.250 e. The van der Waals surface area contributed by atoms with Gasteiger partial charge in [0.25, 0.3) is 0 Å². The maximum Gasteiger partial charge on any atom is 0.250 e. The number of ether oxygens (including phenoxy) is 1. The summed E-state index contributed by atoms with van der Waals surface area (Å²) in [7, 11) is 1.57. The SMILES string of the molecule is COc1ccc(O)c(/C=N/Nc2nc(Nc3ccccc3)nc(N3CCCC3)n2)c1. The number of aromatic hydroxyl groups is 1. The highest BCUT2D eigenvalue weighted by Crippen LogP contribution is 2.22. The van der Waals surface area contributed by atoms with Gasteiger partial charge in [0.2, 0.25) is 17.8 Å². The van der Waals surface area contributed by atoms with Gasteiger partial charge in [-0.3, -0.25) is 0 Å². The van der Waals surface area contributed by atoms with Gasteiger partial charge in [-0.1, -0.05) is 18.2 Å². The molecule has 9 nitrogen and oxygen atoms in total. The number of rotatable bonds is 7. The van der Waals surface area contributed by atoms with Gasteiger partial charge in [-0.05, 0) is 43.2 Å². The molecule has 2 aromatic carbocycles. The quantitative estimate of drug-likeness (QED) is 0.406. The normalized spacial score (nSPS) is 13.6. The summed E-state index contributed by atoms with van der Waals surface area (Å²) in [6.45, 7) is 1.82. The number of anilines is 4. The number of hydrogen-bond donors (Lipinski definition) is 3. The van der Waals surface area contributed by atoms with Crippen LogP contribution in [0.25, 0.3) is 0 Å². The van der Waals surface area contributed by atoms with E-state index in [2.05, 4.69) is 35.7 Å². The first-order valence-corrected chi connectivity index (χ1v) is 9.70. The zero-order chi connectivity index (χ0) is 20.8. The fraction of sp³-hybridized carbons (Fsp3) is 0.238. The molecule has 0 spiro atoms. The molecule has 0 aliphatic carbocycles. The molecule has 3 aromatic rings. The van der Waals surface area contributed by atoms with E-state index in [0.717, 1.165) is 31.6 Å². The molecule has 3 N–H and O–H groups in total. The molecule has 0 amide bonds. The van der Waals surface area contributed by atoms with Crippen LogP contribution in [0.1, 0.15) is 18.4 Å². The molecule has 0 bridgehead atoms. The highest BCUT2D eigenvalue weighted by Gasteiger charge is 2.17.